The minimum absolute atomic E-state index is 1.09. The Bertz CT molecular complexity index is 1200. The molecule has 0 spiro atoms. The Balaban J connectivity index is 1.90. The molecule has 0 aliphatic heterocycles. The van der Waals surface area contributed by atoms with Gasteiger partial charge in [-0.1, -0.05) is 82.7 Å². The molecular weight excluding hydrogens is 382 g/mol. The van der Waals surface area contributed by atoms with Gasteiger partial charge in [0.05, 0.1) is 16.7 Å². The molecule has 124 valence electrons. The summed E-state index contributed by atoms with van der Waals surface area (Å²) in [5.74, 6) is 0. The predicted molar refractivity (Wildman–Crippen MR) is 114 cm³/mol. The van der Waals surface area contributed by atoms with Crippen molar-refractivity contribution in [3.05, 3.63) is 102 Å². The first-order valence-corrected chi connectivity index (χ1v) is 9.46. The van der Waals surface area contributed by atoms with Crippen molar-refractivity contribution in [3.63, 3.8) is 0 Å². The second kappa shape index (κ2) is 6.15. The van der Waals surface area contributed by atoms with Crippen LogP contribution in [-0.2, 0) is 0 Å². The van der Waals surface area contributed by atoms with Crippen LogP contribution in [0.25, 0.3) is 38.6 Å². The lowest BCUT2D eigenvalue weighted by molar-refractivity contribution is 1.18. The molecule has 0 saturated carbocycles. The first-order valence-electron chi connectivity index (χ1n) is 8.66. The number of nitrogens with zero attached hydrogens (tertiary/aromatic N) is 1. The molecule has 5 rings (SSSR count). The molecule has 0 saturated heterocycles. The summed E-state index contributed by atoms with van der Waals surface area (Å²) >= 11 is 3.61. The first-order chi connectivity index (χ1) is 12.8. The van der Waals surface area contributed by atoms with E-state index in [9.17, 15) is 0 Å². The maximum Gasteiger partial charge on any atom is 0.0541 e. The largest absolute Gasteiger partial charge is 0.309 e. The lowest BCUT2D eigenvalue weighted by Gasteiger charge is -2.14. The predicted octanol–water partition coefficient (Wildman–Crippen LogP) is 7.21. The lowest BCUT2D eigenvalue weighted by Crippen LogP contribution is -1.96. The molecule has 1 nitrogen and oxygen atoms in total. The Labute approximate surface area is 160 Å². The fourth-order valence-electron chi connectivity index (χ4n) is 3.75. The van der Waals surface area contributed by atoms with Crippen LogP contribution in [0, 0.1) is 0 Å². The average Bonchev–Trinajstić information content (AvgIpc) is 3.02. The molecule has 5 aromatic rings. The number of para-hydroxylation sites is 3. The highest BCUT2D eigenvalue weighted by Crippen LogP contribution is 2.36. The average molecular weight is 398 g/mol. The summed E-state index contributed by atoms with van der Waals surface area (Å²) in [5.41, 5.74) is 6.09. The highest BCUT2D eigenvalue weighted by atomic mass is 79.9. The number of halogens is 1. The molecule has 0 atom stereocenters. The van der Waals surface area contributed by atoms with Gasteiger partial charge in [-0.3, -0.25) is 0 Å². The Morgan fingerprint density at radius 2 is 1.19 bits per heavy atom. The quantitative estimate of drug-likeness (QED) is 0.296. The molecule has 0 unspecified atom stereocenters. The van der Waals surface area contributed by atoms with E-state index in [2.05, 4.69) is 118 Å². The van der Waals surface area contributed by atoms with Gasteiger partial charge in [0, 0.05) is 20.8 Å². The van der Waals surface area contributed by atoms with Crippen LogP contribution in [0.15, 0.2) is 102 Å². The van der Waals surface area contributed by atoms with Gasteiger partial charge in [0.15, 0.2) is 0 Å². The second-order valence-electron chi connectivity index (χ2n) is 6.40. The maximum absolute atomic E-state index is 3.61. The van der Waals surface area contributed by atoms with E-state index in [4.69, 9.17) is 0 Å². The zero-order valence-electron chi connectivity index (χ0n) is 14.1. The van der Waals surface area contributed by atoms with Crippen molar-refractivity contribution in [2.45, 2.75) is 0 Å². The molecule has 0 N–H and O–H groups in total. The fourth-order valence-corrected chi connectivity index (χ4v) is 4.15. The highest BCUT2D eigenvalue weighted by Gasteiger charge is 2.14. The van der Waals surface area contributed by atoms with Crippen LogP contribution in [0.5, 0.6) is 0 Å². The Hall–Kier alpha value is -2.84. The van der Waals surface area contributed by atoms with Crippen LogP contribution in [0.2, 0.25) is 0 Å². The third-order valence-electron chi connectivity index (χ3n) is 4.86. The van der Waals surface area contributed by atoms with Crippen molar-refractivity contribution >= 4 is 37.7 Å². The monoisotopic (exact) mass is 397 g/mol. The number of hydrogen-bond donors (Lipinski definition) is 0. The van der Waals surface area contributed by atoms with Gasteiger partial charge < -0.3 is 4.57 Å². The van der Waals surface area contributed by atoms with E-state index in [0.29, 0.717) is 0 Å². The maximum atomic E-state index is 3.61. The highest BCUT2D eigenvalue weighted by molar-refractivity contribution is 9.10. The van der Waals surface area contributed by atoms with Crippen LogP contribution < -0.4 is 0 Å². The first kappa shape index (κ1) is 15.4. The Morgan fingerprint density at radius 3 is 1.88 bits per heavy atom. The second-order valence-corrected chi connectivity index (χ2v) is 7.31. The van der Waals surface area contributed by atoms with Crippen LogP contribution in [0.3, 0.4) is 0 Å². The number of hydrogen-bond acceptors (Lipinski definition) is 0. The van der Waals surface area contributed by atoms with E-state index in [-0.39, 0.29) is 0 Å². The molecule has 0 amide bonds. The standard InChI is InChI=1S/C24H16BrN/c25-18-9-7-8-17(16-18)19-10-1-4-13-22(19)26-23-14-5-2-11-20(23)21-12-3-6-15-24(21)26/h1-16H. The summed E-state index contributed by atoms with van der Waals surface area (Å²) in [7, 11) is 0. The summed E-state index contributed by atoms with van der Waals surface area (Å²) in [6, 6.07) is 34.4. The summed E-state index contributed by atoms with van der Waals surface area (Å²) in [5, 5.41) is 2.57. The topological polar surface area (TPSA) is 4.93 Å². The van der Waals surface area contributed by atoms with E-state index in [1.54, 1.807) is 0 Å². The van der Waals surface area contributed by atoms with Crippen molar-refractivity contribution in [3.8, 4) is 16.8 Å². The molecule has 26 heavy (non-hydrogen) atoms. The van der Waals surface area contributed by atoms with Gasteiger partial charge in [-0.25, -0.2) is 0 Å². The molecule has 0 aliphatic carbocycles. The smallest absolute Gasteiger partial charge is 0.0541 e. The van der Waals surface area contributed by atoms with Gasteiger partial charge in [0.25, 0.3) is 0 Å². The number of aromatic nitrogens is 1. The van der Waals surface area contributed by atoms with Crippen LogP contribution in [0.4, 0.5) is 0 Å². The van der Waals surface area contributed by atoms with Crippen molar-refractivity contribution < 1.29 is 0 Å². The molecule has 0 radical (unpaired) electrons. The van der Waals surface area contributed by atoms with Gasteiger partial charge in [-0.2, -0.15) is 0 Å². The third-order valence-corrected chi connectivity index (χ3v) is 5.35. The van der Waals surface area contributed by atoms with Crippen LogP contribution >= 0.6 is 15.9 Å². The minimum Gasteiger partial charge on any atom is -0.309 e. The number of fused-ring (bicyclic) bond motifs is 3. The molecule has 0 aliphatic rings. The molecule has 2 heteroatoms. The summed E-state index contributed by atoms with van der Waals surface area (Å²) in [6.07, 6.45) is 0. The van der Waals surface area contributed by atoms with Crippen molar-refractivity contribution in [2.24, 2.45) is 0 Å². The number of benzene rings is 4. The van der Waals surface area contributed by atoms with Crippen LogP contribution in [-0.4, -0.2) is 4.57 Å². The van der Waals surface area contributed by atoms with Crippen LogP contribution in [0.1, 0.15) is 0 Å². The normalized spacial score (nSPS) is 11.3. The van der Waals surface area contributed by atoms with Gasteiger partial charge >= 0.3 is 0 Å². The van der Waals surface area contributed by atoms with Crippen molar-refractivity contribution in [2.75, 3.05) is 0 Å². The summed E-state index contributed by atoms with van der Waals surface area (Å²) in [6.45, 7) is 0. The minimum atomic E-state index is 1.09. The molecular formula is C24H16BrN. The summed E-state index contributed by atoms with van der Waals surface area (Å²) in [4.78, 5) is 0. The molecule has 4 aromatic carbocycles. The zero-order valence-corrected chi connectivity index (χ0v) is 15.6. The SMILES string of the molecule is Brc1cccc(-c2ccccc2-n2c3ccccc3c3ccccc32)c1. The Morgan fingerprint density at radius 1 is 0.577 bits per heavy atom. The number of rotatable bonds is 2. The lowest BCUT2D eigenvalue weighted by atomic mass is 10.0. The van der Waals surface area contributed by atoms with E-state index in [1.165, 1.54) is 38.6 Å². The van der Waals surface area contributed by atoms with E-state index >= 15 is 0 Å². The Kier molecular flexibility index (Phi) is 3.65. The zero-order chi connectivity index (χ0) is 17.5. The van der Waals surface area contributed by atoms with Gasteiger partial charge in [0.1, 0.15) is 0 Å². The molecule has 1 heterocycles. The van der Waals surface area contributed by atoms with E-state index in [1.807, 2.05) is 0 Å². The van der Waals surface area contributed by atoms with Gasteiger partial charge in [0.2, 0.25) is 0 Å². The molecule has 0 bridgehead atoms. The summed E-state index contributed by atoms with van der Waals surface area (Å²) < 4.78 is 3.47. The van der Waals surface area contributed by atoms with Crippen molar-refractivity contribution in [1.82, 2.24) is 4.57 Å². The van der Waals surface area contributed by atoms with Crippen molar-refractivity contribution in [1.29, 1.82) is 0 Å². The molecule has 1 aromatic heterocycles. The van der Waals surface area contributed by atoms with E-state index in [0.717, 1.165) is 4.47 Å². The fraction of sp³-hybridized carbons (Fsp3) is 0. The molecule has 0 fully saturated rings. The third kappa shape index (κ3) is 2.38. The van der Waals surface area contributed by atoms with Gasteiger partial charge in [-0.15, -0.1) is 0 Å². The van der Waals surface area contributed by atoms with Gasteiger partial charge in [-0.05, 0) is 35.9 Å². The van der Waals surface area contributed by atoms with E-state index < -0.39 is 0 Å².